The van der Waals surface area contributed by atoms with E-state index in [1.54, 1.807) is 0 Å². The van der Waals surface area contributed by atoms with Gasteiger partial charge in [-0.1, -0.05) is 48.5 Å². The van der Waals surface area contributed by atoms with Crippen molar-refractivity contribution in [2.45, 2.75) is 113 Å². The zero-order chi connectivity index (χ0) is 23.3. The van der Waals surface area contributed by atoms with Crippen LogP contribution in [0.5, 0.6) is 0 Å². The van der Waals surface area contributed by atoms with Crippen LogP contribution >= 0.6 is 0 Å². The van der Waals surface area contributed by atoms with Crippen LogP contribution in [0.2, 0.25) is 0 Å². The SMILES string of the molecule is CC(C=O)C1CCC2(C)CCC3(C)C(CCC4C5(C)CCC(=O)C(C)(C)C5CCC43C)C12. The van der Waals surface area contributed by atoms with E-state index in [1.807, 2.05) is 0 Å². The molecule has 5 rings (SSSR count). The predicted octanol–water partition coefficient (Wildman–Crippen LogP) is 7.49. The summed E-state index contributed by atoms with van der Waals surface area (Å²) in [5.41, 5.74) is 1.30. The van der Waals surface area contributed by atoms with E-state index in [0.29, 0.717) is 45.2 Å². The molecule has 0 aliphatic heterocycles. The van der Waals surface area contributed by atoms with Crippen LogP contribution in [-0.2, 0) is 9.59 Å². The molecule has 0 bridgehead atoms. The molecule has 5 saturated carbocycles. The van der Waals surface area contributed by atoms with Crippen molar-refractivity contribution >= 4 is 12.1 Å². The third-order valence-corrected chi connectivity index (χ3v) is 13.5. The molecule has 0 spiro atoms. The predicted molar refractivity (Wildman–Crippen MR) is 130 cm³/mol. The molecule has 0 aromatic rings. The second kappa shape index (κ2) is 6.94. The average molecular weight is 441 g/mol. The van der Waals surface area contributed by atoms with E-state index >= 15 is 0 Å². The molecule has 0 heterocycles. The molecule has 0 radical (unpaired) electrons. The molecule has 5 aliphatic carbocycles. The Morgan fingerprint density at radius 3 is 2.22 bits per heavy atom. The highest BCUT2D eigenvalue weighted by atomic mass is 16.1. The number of hydrogen-bond acceptors (Lipinski definition) is 2. The summed E-state index contributed by atoms with van der Waals surface area (Å²) >= 11 is 0. The van der Waals surface area contributed by atoms with Crippen molar-refractivity contribution in [1.82, 2.24) is 0 Å². The smallest absolute Gasteiger partial charge is 0.138 e. The first-order valence-electron chi connectivity index (χ1n) is 13.8. The van der Waals surface area contributed by atoms with Crippen LogP contribution in [0.15, 0.2) is 0 Å². The third-order valence-electron chi connectivity index (χ3n) is 13.5. The van der Waals surface area contributed by atoms with Crippen LogP contribution in [0.3, 0.4) is 0 Å². The Morgan fingerprint density at radius 1 is 0.812 bits per heavy atom. The van der Waals surface area contributed by atoms with Crippen molar-refractivity contribution < 1.29 is 9.59 Å². The Morgan fingerprint density at radius 2 is 1.53 bits per heavy atom. The second-order valence-corrected chi connectivity index (χ2v) is 14.7. The Labute approximate surface area is 197 Å². The van der Waals surface area contributed by atoms with Crippen LogP contribution in [0, 0.1) is 62.6 Å². The molecule has 10 unspecified atom stereocenters. The molecule has 5 aliphatic rings. The maximum Gasteiger partial charge on any atom is 0.138 e. The van der Waals surface area contributed by atoms with Gasteiger partial charge >= 0.3 is 0 Å². The number of rotatable bonds is 2. The van der Waals surface area contributed by atoms with Crippen molar-refractivity contribution in [3.63, 3.8) is 0 Å². The molecule has 0 N–H and O–H groups in total. The van der Waals surface area contributed by atoms with Crippen molar-refractivity contribution in [2.75, 3.05) is 0 Å². The minimum atomic E-state index is -0.160. The van der Waals surface area contributed by atoms with Crippen LogP contribution in [0.4, 0.5) is 0 Å². The minimum absolute atomic E-state index is 0.160. The van der Waals surface area contributed by atoms with Gasteiger partial charge in [0.1, 0.15) is 12.1 Å². The summed E-state index contributed by atoms with van der Waals surface area (Å²) in [5, 5.41) is 0. The van der Waals surface area contributed by atoms with E-state index in [4.69, 9.17) is 0 Å². The van der Waals surface area contributed by atoms with Gasteiger partial charge in [0.15, 0.2) is 0 Å². The number of fused-ring (bicyclic) bond motifs is 7. The molecule has 0 aromatic carbocycles. The summed E-state index contributed by atoms with van der Waals surface area (Å²) in [6, 6.07) is 0. The fraction of sp³-hybridized carbons (Fsp3) is 0.933. The first kappa shape index (κ1) is 23.1. The summed E-state index contributed by atoms with van der Waals surface area (Å²) in [7, 11) is 0. The highest BCUT2D eigenvalue weighted by Crippen LogP contribution is 2.77. The lowest BCUT2D eigenvalue weighted by molar-refractivity contribution is -0.234. The molecule has 5 fully saturated rings. The average Bonchev–Trinajstić information content (AvgIpc) is 3.09. The number of carbonyl (C=O) groups excluding carboxylic acids is 2. The quantitative estimate of drug-likeness (QED) is 0.417. The maximum absolute atomic E-state index is 12.9. The van der Waals surface area contributed by atoms with Gasteiger partial charge in [0.2, 0.25) is 0 Å². The summed E-state index contributed by atoms with van der Waals surface area (Å²) < 4.78 is 0. The van der Waals surface area contributed by atoms with Gasteiger partial charge in [-0.25, -0.2) is 0 Å². The van der Waals surface area contributed by atoms with Crippen molar-refractivity contribution in [1.29, 1.82) is 0 Å². The normalized spacial score (nSPS) is 55.2. The van der Waals surface area contributed by atoms with E-state index < -0.39 is 0 Å². The highest BCUT2D eigenvalue weighted by Gasteiger charge is 2.70. The molecule has 10 atom stereocenters. The number of aldehydes is 1. The maximum atomic E-state index is 12.9. The zero-order valence-electron chi connectivity index (χ0n) is 21.9. The molecular weight excluding hydrogens is 392 g/mol. The molecular formula is C30H48O2. The molecule has 0 saturated heterocycles. The van der Waals surface area contributed by atoms with Crippen LogP contribution in [-0.4, -0.2) is 12.1 Å². The second-order valence-electron chi connectivity index (χ2n) is 14.7. The van der Waals surface area contributed by atoms with Crippen LogP contribution in [0.25, 0.3) is 0 Å². The number of hydrogen-bond donors (Lipinski definition) is 0. The Kier molecular flexibility index (Phi) is 5.01. The molecule has 0 amide bonds. The van der Waals surface area contributed by atoms with Crippen LogP contribution < -0.4 is 0 Å². The first-order chi connectivity index (χ1) is 14.8. The number of ketones is 1. The van der Waals surface area contributed by atoms with E-state index in [0.717, 1.165) is 24.7 Å². The van der Waals surface area contributed by atoms with Gasteiger partial charge in [0, 0.05) is 17.8 Å². The van der Waals surface area contributed by atoms with Gasteiger partial charge in [0.05, 0.1) is 0 Å². The van der Waals surface area contributed by atoms with Crippen LogP contribution in [0.1, 0.15) is 113 Å². The molecule has 32 heavy (non-hydrogen) atoms. The largest absolute Gasteiger partial charge is 0.303 e. The van der Waals surface area contributed by atoms with E-state index in [-0.39, 0.29) is 11.3 Å². The number of Topliss-reactive ketones (excluding diaryl/α,β-unsaturated/α-hetero) is 1. The minimum Gasteiger partial charge on any atom is -0.303 e. The topological polar surface area (TPSA) is 34.1 Å². The van der Waals surface area contributed by atoms with Gasteiger partial charge in [-0.05, 0) is 109 Å². The van der Waals surface area contributed by atoms with Gasteiger partial charge in [-0.15, -0.1) is 0 Å². The first-order valence-corrected chi connectivity index (χ1v) is 13.8. The van der Waals surface area contributed by atoms with Crippen molar-refractivity contribution in [2.24, 2.45) is 62.6 Å². The van der Waals surface area contributed by atoms with Crippen molar-refractivity contribution in [3.8, 4) is 0 Å². The molecule has 0 aromatic heterocycles. The lowest BCUT2D eigenvalue weighted by atomic mass is 9.32. The Bertz CT molecular complexity index is 814. The summed E-state index contributed by atoms with van der Waals surface area (Å²) in [5.74, 6) is 4.04. The van der Waals surface area contributed by atoms with Gasteiger partial charge in [0.25, 0.3) is 0 Å². The van der Waals surface area contributed by atoms with Crippen molar-refractivity contribution in [3.05, 3.63) is 0 Å². The number of carbonyl (C=O) groups is 2. The summed E-state index contributed by atoms with van der Waals surface area (Å²) in [6.07, 6.45) is 13.6. The monoisotopic (exact) mass is 440 g/mol. The fourth-order valence-corrected chi connectivity index (χ4v) is 11.5. The lowest BCUT2D eigenvalue weighted by Crippen LogP contribution is -2.66. The molecule has 2 nitrogen and oxygen atoms in total. The van der Waals surface area contributed by atoms with Gasteiger partial charge in [-0.2, -0.15) is 0 Å². The van der Waals surface area contributed by atoms with Gasteiger partial charge < -0.3 is 4.79 Å². The fourth-order valence-electron chi connectivity index (χ4n) is 11.5. The third kappa shape index (κ3) is 2.65. The van der Waals surface area contributed by atoms with E-state index in [9.17, 15) is 9.59 Å². The molecule has 180 valence electrons. The Balaban J connectivity index is 1.54. The highest BCUT2D eigenvalue weighted by molar-refractivity contribution is 5.85. The van der Waals surface area contributed by atoms with E-state index in [2.05, 4.69) is 48.5 Å². The standard InChI is InChI=1S/C30H48O2/c1-19(18-31)20-10-13-27(4)16-17-29(6)21(25(20)27)8-9-23-28(5)14-12-24(32)26(2,3)22(28)11-15-30(23,29)7/h18-23,25H,8-17H2,1-7H3. The summed E-state index contributed by atoms with van der Waals surface area (Å²) in [4.78, 5) is 24.8. The lowest BCUT2D eigenvalue weighted by Gasteiger charge is -2.72. The summed E-state index contributed by atoms with van der Waals surface area (Å²) in [6.45, 7) is 17.2. The molecule has 2 heteroatoms. The Hall–Kier alpha value is -0.660. The van der Waals surface area contributed by atoms with E-state index in [1.165, 1.54) is 57.7 Å². The van der Waals surface area contributed by atoms with Gasteiger partial charge in [-0.3, -0.25) is 4.79 Å². The zero-order valence-corrected chi connectivity index (χ0v) is 21.9.